The van der Waals surface area contributed by atoms with Crippen LogP contribution >= 0.6 is 0 Å². The number of hydrogen-bond acceptors (Lipinski definition) is 4. The van der Waals surface area contributed by atoms with E-state index in [1.54, 1.807) is 0 Å². The van der Waals surface area contributed by atoms with Gasteiger partial charge in [-0.2, -0.15) is 4.98 Å². The highest BCUT2D eigenvalue weighted by Crippen LogP contribution is 2.30. The van der Waals surface area contributed by atoms with Gasteiger partial charge in [0, 0.05) is 32.1 Å². The molecule has 140 valence electrons. The number of carbonyl (C=O) groups excluding carboxylic acids is 1. The molecule has 0 radical (unpaired) electrons. The van der Waals surface area contributed by atoms with Crippen LogP contribution in [0.4, 0.5) is 6.01 Å². The number of amides is 1. The Kier molecular flexibility index (Phi) is 4.88. The minimum Gasteiger partial charge on any atom is -0.423 e. The third-order valence-electron chi connectivity index (χ3n) is 6.28. The Balaban J connectivity index is 1.34. The van der Waals surface area contributed by atoms with Gasteiger partial charge >= 0.3 is 0 Å². The summed E-state index contributed by atoms with van der Waals surface area (Å²) in [7, 11) is 2.01. The Labute approximate surface area is 155 Å². The van der Waals surface area contributed by atoms with Gasteiger partial charge in [-0.3, -0.25) is 4.79 Å². The molecule has 2 heterocycles. The summed E-state index contributed by atoms with van der Waals surface area (Å²) in [5.41, 5.74) is 1.72. The SMILES string of the molecule is CC1CCC(N(C)C(=O)C2CCN(c3nc4ccccc4o3)CC2)CC1. The number of nitrogens with zero attached hydrogens (tertiary/aromatic N) is 3. The number of fused-ring (bicyclic) bond motifs is 1. The van der Waals surface area contributed by atoms with Crippen LogP contribution in [0.5, 0.6) is 0 Å². The number of hydrogen-bond donors (Lipinski definition) is 0. The summed E-state index contributed by atoms with van der Waals surface area (Å²) in [6.45, 7) is 3.98. The van der Waals surface area contributed by atoms with Crippen LogP contribution in [0.3, 0.4) is 0 Å². The molecule has 4 rings (SSSR count). The molecule has 1 aromatic heterocycles. The third-order valence-corrected chi connectivity index (χ3v) is 6.28. The Morgan fingerprint density at radius 2 is 1.81 bits per heavy atom. The van der Waals surface area contributed by atoms with Crippen LogP contribution in [0.25, 0.3) is 11.1 Å². The maximum Gasteiger partial charge on any atom is 0.298 e. The maximum atomic E-state index is 12.9. The van der Waals surface area contributed by atoms with Crippen molar-refractivity contribution in [3.63, 3.8) is 0 Å². The molecular formula is C21H29N3O2. The molecule has 0 spiro atoms. The first-order chi connectivity index (χ1) is 12.6. The summed E-state index contributed by atoms with van der Waals surface area (Å²) < 4.78 is 5.88. The topological polar surface area (TPSA) is 49.6 Å². The zero-order valence-electron chi connectivity index (χ0n) is 15.9. The Hall–Kier alpha value is -2.04. The molecule has 1 saturated heterocycles. The van der Waals surface area contributed by atoms with Crippen molar-refractivity contribution in [1.29, 1.82) is 0 Å². The lowest BCUT2D eigenvalue weighted by atomic mass is 9.86. The van der Waals surface area contributed by atoms with E-state index in [0.717, 1.165) is 55.8 Å². The fourth-order valence-corrected chi connectivity index (χ4v) is 4.41. The molecule has 1 aromatic carbocycles. The first-order valence-corrected chi connectivity index (χ1v) is 9.99. The number of aromatic nitrogens is 1. The number of para-hydroxylation sites is 2. The normalized spacial score (nSPS) is 24.8. The smallest absolute Gasteiger partial charge is 0.298 e. The quantitative estimate of drug-likeness (QED) is 0.832. The second-order valence-corrected chi connectivity index (χ2v) is 8.09. The monoisotopic (exact) mass is 355 g/mol. The van der Waals surface area contributed by atoms with E-state index in [1.807, 2.05) is 36.2 Å². The van der Waals surface area contributed by atoms with Crippen molar-refractivity contribution in [2.75, 3.05) is 25.0 Å². The Bertz CT molecular complexity index is 722. The second-order valence-electron chi connectivity index (χ2n) is 8.09. The minimum absolute atomic E-state index is 0.139. The summed E-state index contributed by atoms with van der Waals surface area (Å²) in [6.07, 6.45) is 6.57. The fraction of sp³-hybridized carbons (Fsp3) is 0.619. The van der Waals surface area contributed by atoms with E-state index in [9.17, 15) is 4.79 Å². The van der Waals surface area contributed by atoms with Gasteiger partial charge in [0.15, 0.2) is 5.58 Å². The van der Waals surface area contributed by atoms with Crippen molar-refractivity contribution in [3.8, 4) is 0 Å². The van der Waals surface area contributed by atoms with Crippen molar-refractivity contribution in [1.82, 2.24) is 9.88 Å². The lowest BCUT2D eigenvalue weighted by molar-refractivity contribution is -0.137. The molecule has 1 saturated carbocycles. The molecule has 26 heavy (non-hydrogen) atoms. The summed E-state index contributed by atoms with van der Waals surface area (Å²) in [5, 5.41) is 0. The maximum absolute atomic E-state index is 12.9. The molecule has 0 N–H and O–H groups in total. The number of anilines is 1. The predicted octanol–water partition coefficient (Wildman–Crippen LogP) is 4.08. The van der Waals surface area contributed by atoms with E-state index in [1.165, 1.54) is 12.8 Å². The molecule has 0 unspecified atom stereocenters. The zero-order valence-corrected chi connectivity index (χ0v) is 15.9. The lowest BCUT2D eigenvalue weighted by Gasteiger charge is -2.37. The highest BCUT2D eigenvalue weighted by Gasteiger charge is 2.32. The van der Waals surface area contributed by atoms with Crippen LogP contribution in [0, 0.1) is 11.8 Å². The van der Waals surface area contributed by atoms with Gasteiger partial charge in [-0.25, -0.2) is 0 Å². The Morgan fingerprint density at radius 3 is 2.50 bits per heavy atom. The van der Waals surface area contributed by atoms with Crippen molar-refractivity contribution in [3.05, 3.63) is 24.3 Å². The van der Waals surface area contributed by atoms with Gasteiger partial charge in [-0.15, -0.1) is 0 Å². The molecule has 1 aliphatic heterocycles. The average molecular weight is 355 g/mol. The first kappa shape index (κ1) is 17.4. The van der Waals surface area contributed by atoms with Crippen LogP contribution in [0.1, 0.15) is 45.4 Å². The van der Waals surface area contributed by atoms with Gasteiger partial charge in [0.2, 0.25) is 5.91 Å². The molecule has 2 aliphatic rings. The van der Waals surface area contributed by atoms with E-state index in [4.69, 9.17) is 4.42 Å². The largest absolute Gasteiger partial charge is 0.423 e. The van der Waals surface area contributed by atoms with E-state index < -0.39 is 0 Å². The standard InChI is InChI=1S/C21H29N3O2/c1-15-7-9-17(10-8-15)23(2)20(25)16-11-13-24(14-12-16)21-22-18-5-3-4-6-19(18)26-21/h3-6,15-17H,7-14H2,1-2H3. The predicted molar refractivity (Wildman–Crippen MR) is 103 cm³/mol. The minimum atomic E-state index is 0.139. The van der Waals surface area contributed by atoms with Crippen molar-refractivity contribution >= 4 is 23.0 Å². The lowest BCUT2D eigenvalue weighted by Crippen LogP contribution is -2.45. The van der Waals surface area contributed by atoms with Gasteiger partial charge in [0.25, 0.3) is 6.01 Å². The van der Waals surface area contributed by atoms with Crippen LogP contribution in [-0.4, -0.2) is 42.0 Å². The van der Waals surface area contributed by atoms with E-state index >= 15 is 0 Å². The van der Waals surface area contributed by atoms with Gasteiger partial charge in [-0.1, -0.05) is 19.1 Å². The van der Waals surface area contributed by atoms with Crippen molar-refractivity contribution < 1.29 is 9.21 Å². The number of carbonyl (C=O) groups is 1. The van der Waals surface area contributed by atoms with Gasteiger partial charge in [0.05, 0.1) is 0 Å². The molecule has 1 aliphatic carbocycles. The summed E-state index contributed by atoms with van der Waals surface area (Å²) >= 11 is 0. The molecule has 5 nitrogen and oxygen atoms in total. The molecule has 2 aromatic rings. The summed E-state index contributed by atoms with van der Waals surface area (Å²) in [5.74, 6) is 1.29. The van der Waals surface area contributed by atoms with Crippen LogP contribution < -0.4 is 4.90 Å². The number of oxazole rings is 1. The van der Waals surface area contributed by atoms with Crippen LogP contribution in [0.15, 0.2) is 28.7 Å². The van der Waals surface area contributed by atoms with E-state index in [0.29, 0.717) is 18.0 Å². The molecule has 2 fully saturated rings. The Morgan fingerprint density at radius 1 is 1.12 bits per heavy atom. The van der Waals surface area contributed by atoms with Crippen molar-refractivity contribution in [2.45, 2.75) is 51.5 Å². The third kappa shape index (κ3) is 3.44. The van der Waals surface area contributed by atoms with Crippen LogP contribution in [0.2, 0.25) is 0 Å². The van der Waals surface area contributed by atoms with Crippen LogP contribution in [-0.2, 0) is 4.79 Å². The number of rotatable bonds is 3. The summed E-state index contributed by atoms with van der Waals surface area (Å²) in [4.78, 5) is 21.7. The molecule has 0 bridgehead atoms. The van der Waals surface area contributed by atoms with E-state index in [2.05, 4.69) is 16.8 Å². The number of benzene rings is 1. The molecule has 1 amide bonds. The van der Waals surface area contributed by atoms with Crippen molar-refractivity contribution in [2.24, 2.45) is 11.8 Å². The fourth-order valence-electron chi connectivity index (χ4n) is 4.41. The highest BCUT2D eigenvalue weighted by molar-refractivity contribution is 5.79. The molecular weight excluding hydrogens is 326 g/mol. The second kappa shape index (κ2) is 7.29. The molecule has 5 heteroatoms. The molecule has 0 atom stereocenters. The average Bonchev–Trinajstić information content (AvgIpc) is 3.12. The van der Waals surface area contributed by atoms with Gasteiger partial charge in [-0.05, 0) is 56.6 Å². The first-order valence-electron chi connectivity index (χ1n) is 9.99. The number of piperidine rings is 1. The van der Waals surface area contributed by atoms with E-state index in [-0.39, 0.29) is 5.92 Å². The highest BCUT2D eigenvalue weighted by atomic mass is 16.4. The summed E-state index contributed by atoms with van der Waals surface area (Å²) in [6, 6.07) is 8.98. The van der Waals surface area contributed by atoms with Gasteiger partial charge < -0.3 is 14.2 Å². The van der Waals surface area contributed by atoms with Gasteiger partial charge in [0.1, 0.15) is 5.52 Å². The zero-order chi connectivity index (χ0) is 18.1.